The zero-order chi connectivity index (χ0) is 15.4. The molecule has 0 spiro atoms. The second kappa shape index (κ2) is 6.31. The molecule has 1 aromatic heterocycles. The minimum absolute atomic E-state index is 0.0591. The number of carbonyl (C=O) groups is 1. The van der Waals surface area contributed by atoms with Crippen molar-refractivity contribution in [2.45, 2.75) is 6.54 Å². The second-order valence-electron chi connectivity index (χ2n) is 4.38. The fourth-order valence-corrected chi connectivity index (χ4v) is 2.43. The third-order valence-corrected chi connectivity index (χ3v) is 3.57. The molecule has 0 atom stereocenters. The number of nitrogens with zero attached hydrogens (tertiary/aromatic N) is 3. The van der Waals surface area contributed by atoms with Gasteiger partial charge >= 0.3 is 0 Å². The number of anilines is 1. The van der Waals surface area contributed by atoms with E-state index in [0.29, 0.717) is 17.8 Å². The molecular formula is C13H14N4O3S. The molecule has 0 aliphatic heterocycles. The molecule has 0 radical (unpaired) electrons. The van der Waals surface area contributed by atoms with Crippen LogP contribution >= 0.6 is 11.3 Å². The van der Waals surface area contributed by atoms with E-state index in [1.807, 2.05) is 5.38 Å². The maximum atomic E-state index is 12.3. The molecule has 1 aromatic carbocycles. The Kier molecular flexibility index (Phi) is 4.49. The van der Waals surface area contributed by atoms with E-state index in [1.54, 1.807) is 19.6 Å². The lowest BCUT2D eigenvalue weighted by molar-refractivity contribution is -0.383. The first-order valence-electron chi connectivity index (χ1n) is 6.11. The molecule has 2 rings (SSSR count). The summed E-state index contributed by atoms with van der Waals surface area (Å²) in [4.78, 5) is 28.4. The van der Waals surface area contributed by atoms with Gasteiger partial charge < -0.3 is 10.2 Å². The van der Waals surface area contributed by atoms with Crippen LogP contribution in [0, 0.1) is 10.1 Å². The van der Waals surface area contributed by atoms with Crippen LogP contribution in [0.3, 0.4) is 0 Å². The monoisotopic (exact) mass is 306 g/mol. The number of hydrogen-bond acceptors (Lipinski definition) is 6. The maximum Gasteiger partial charge on any atom is 0.292 e. The third kappa shape index (κ3) is 3.34. The van der Waals surface area contributed by atoms with E-state index in [2.05, 4.69) is 10.3 Å². The first-order chi connectivity index (χ1) is 10.0. The van der Waals surface area contributed by atoms with Gasteiger partial charge in [0.1, 0.15) is 5.69 Å². The predicted molar refractivity (Wildman–Crippen MR) is 80.6 cm³/mol. The Bertz CT molecular complexity index is 657. The van der Waals surface area contributed by atoms with Crippen molar-refractivity contribution in [3.05, 3.63) is 50.5 Å². The smallest absolute Gasteiger partial charge is 0.292 e. The minimum atomic E-state index is -0.487. The summed E-state index contributed by atoms with van der Waals surface area (Å²) in [6.07, 6.45) is 0. The van der Waals surface area contributed by atoms with Crippen LogP contribution in [-0.2, 0) is 6.54 Å². The van der Waals surface area contributed by atoms with E-state index in [-0.39, 0.29) is 11.6 Å². The number of nitro benzene ring substituents is 1. The van der Waals surface area contributed by atoms with Crippen LogP contribution in [0.4, 0.5) is 11.4 Å². The van der Waals surface area contributed by atoms with E-state index < -0.39 is 4.92 Å². The van der Waals surface area contributed by atoms with Crippen LogP contribution in [-0.4, -0.2) is 34.8 Å². The molecule has 0 bridgehead atoms. The van der Waals surface area contributed by atoms with Gasteiger partial charge in [-0.25, -0.2) is 4.98 Å². The number of amides is 1. The molecule has 1 N–H and O–H groups in total. The fourth-order valence-electron chi connectivity index (χ4n) is 1.88. The summed E-state index contributed by atoms with van der Waals surface area (Å²) >= 11 is 1.47. The van der Waals surface area contributed by atoms with Gasteiger partial charge in [-0.15, -0.1) is 11.3 Å². The maximum absolute atomic E-state index is 12.3. The van der Waals surface area contributed by atoms with Gasteiger partial charge in [0, 0.05) is 31.1 Å². The predicted octanol–water partition coefficient (Wildman–Crippen LogP) is 2.37. The van der Waals surface area contributed by atoms with Gasteiger partial charge in [-0.1, -0.05) is 0 Å². The highest BCUT2D eigenvalue weighted by Crippen LogP contribution is 2.25. The molecule has 0 saturated carbocycles. The Morgan fingerprint density at radius 3 is 2.86 bits per heavy atom. The van der Waals surface area contributed by atoms with Crippen LogP contribution in [0.15, 0.2) is 29.1 Å². The van der Waals surface area contributed by atoms with E-state index in [0.717, 1.165) is 5.69 Å². The average Bonchev–Trinajstić information content (AvgIpc) is 2.98. The van der Waals surface area contributed by atoms with Crippen molar-refractivity contribution in [1.82, 2.24) is 9.88 Å². The number of thiazole rings is 1. The number of rotatable bonds is 5. The van der Waals surface area contributed by atoms with Gasteiger partial charge in [0.15, 0.2) is 0 Å². The SMILES string of the molecule is CNc1cc(C(=O)N(C)Cc2cscn2)ccc1[N+](=O)[O-]. The summed E-state index contributed by atoms with van der Waals surface area (Å²) < 4.78 is 0. The number of nitro groups is 1. The molecule has 7 nitrogen and oxygen atoms in total. The average molecular weight is 306 g/mol. The van der Waals surface area contributed by atoms with E-state index in [1.165, 1.54) is 34.4 Å². The molecule has 2 aromatic rings. The largest absolute Gasteiger partial charge is 0.383 e. The van der Waals surface area contributed by atoms with Crippen molar-refractivity contribution < 1.29 is 9.72 Å². The van der Waals surface area contributed by atoms with Gasteiger partial charge in [0.2, 0.25) is 0 Å². The first-order valence-corrected chi connectivity index (χ1v) is 7.06. The number of aromatic nitrogens is 1. The highest BCUT2D eigenvalue weighted by molar-refractivity contribution is 7.07. The summed E-state index contributed by atoms with van der Waals surface area (Å²) in [5.74, 6) is -0.214. The van der Waals surface area contributed by atoms with Crippen LogP contribution in [0.5, 0.6) is 0 Å². The third-order valence-electron chi connectivity index (χ3n) is 2.94. The molecule has 0 aliphatic rings. The molecule has 8 heteroatoms. The molecule has 1 amide bonds. The van der Waals surface area contributed by atoms with Crippen molar-refractivity contribution in [3.8, 4) is 0 Å². The number of nitrogens with one attached hydrogen (secondary N) is 1. The van der Waals surface area contributed by atoms with E-state index in [9.17, 15) is 14.9 Å². The highest BCUT2D eigenvalue weighted by Gasteiger charge is 2.18. The Morgan fingerprint density at radius 1 is 1.52 bits per heavy atom. The summed E-state index contributed by atoms with van der Waals surface area (Å²) in [5, 5.41) is 15.5. The van der Waals surface area contributed by atoms with Gasteiger partial charge in [0.05, 0.1) is 22.7 Å². The normalized spacial score (nSPS) is 10.2. The lowest BCUT2D eigenvalue weighted by Gasteiger charge is -2.16. The fraction of sp³-hybridized carbons (Fsp3) is 0.231. The first kappa shape index (κ1) is 14.9. The lowest BCUT2D eigenvalue weighted by atomic mass is 10.1. The van der Waals surface area contributed by atoms with Crippen molar-refractivity contribution >= 4 is 28.6 Å². The molecule has 0 unspecified atom stereocenters. The number of carbonyl (C=O) groups excluding carboxylic acids is 1. The molecule has 0 aliphatic carbocycles. The Morgan fingerprint density at radius 2 is 2.29 bits per heavy atom. The Balaban J connectivity index is 2.20. The molecular weight excluding hydrogens is 292 g/mol. The van der Waals surface area contributed by atoms with E-state index >= 15 is 0 Å². The summed E-state index contributed by atoms with van der Waals surface area (Å²) in [6.45, 7) is 0.397. The summed E-state index contributed by atoms with van der Waals surface area (Å²) in [6, 6.07) is 4.27. The molecule has 1 heterocycles. The molecule has 110 valence electrons. The van der Waals surface area contributed by atoms with E-state index in [4.69, 9.17) is 0 Å². The summed E-state index contributed by atoms with van der Waals surface area (Å²) in [5.41, 5.74) is 3.16. The quantitative estimate of drug-likeness (QED) is 0.676. The Hall–Kier alpha value is -2.48. The van der Waals surface area contributed by atoms with Crippen LogP contribution < -0.4 is 5.32 Å². The highest BCUT2D eigenvalue weighted by atomic mass is 32.1. The van der Waals surface area contributed by atoms with Gasteiger partial charge in [-0.05, 0) is 12.1 Å². The van der Waals surface area contributed by atoms with Crippen molar-refractivity contribution in [2.75, 3.05) is 19.4 Å². The van der Waals surface area contributed by atoms with Crippen LogP contribution in [0.1, 0.15) is 16.1 Å². The van der Waals surface area contributed by atoms with Gasteiger partial charge in [0.25, 0.3) is 11.6 Å². The molecule has 0 saturated heterocycles. The number of hydrogen-bond donors (Lipinski definition) is 1. The van der Waals surface area contributed by atoms with Gasteiger partial charge in [-0.2, -0.15) is 0 Å². The Labute approximate surface area is 125 Å². The van der Waals surface area contributed by atoms with Crippen molar-refractivity contribution in [1.29, 1.82) is 0 Å². The zero-order valence-electron chi connectivity index (χ0n) is 11.6. The van der Waals surface area contributed by atoms with Crippen LogP contribution in [0.2, 0.25) is 0 Å². The van der Waals surface area contributed by atoms with Crippen LogP contribution in [0.25, 0.3) is 0 Å². The molecule has 0 fully saturated rings. The zero-order valence-corrected chi connectivity index (χ0v) is 12.4. The lowest BCUT2D eigenvalue weighted by Crippen LogP contribution is -2.26. The summed E-state index contributed by atoms with van der Waals surface area (Å²) in [7, 11) is 3.25. The topological polar surface area (TPSA) is 88.4 Å². The number of benzene rings is 1. The standard InChI is InChI=1S/C13H14N4O3S/c1-14-11-5-9(3-4-12(11)17(19)20)13(18)16(2)6-10-7-21-8-15-10/h3-5,7-8,14H,6H2,1-2H3. The molecule has 21 heavy (non-hydrogen) atoms. The van der Waals surface area contributed by atoms with Crippen molar-refractivity contribution in [3.63, 3.8) is 0 Å². The minimum Gasteiger partial charge on any atom is -0.383 e. The van der Waals surface area contributed by atoms with Crippen molar-refractivity contribution in [2.24, 2.45) is 0 Å². The van der Waals surface area contributed by atoms with Gasteiger partial charge in [-0.3, -0.25) is 14.9 Å². The second-order valence-corrected chi connectivity index (χ2v) is 5.10.